The van der Waals surface area contributed by atoms with Gasteiger partial charge in [-0.15, -0.1) is 0 Å². The second kappa shape index (κ2) is 9.52. The number of hydrogen-bond acceptors (Lipinski definition) is 6. The van der Waals surface area contributed by atoms with Crippen molar-refractivity contribution in [2.75, 3.05) is 20.3 Å². The van der Waals surface area contributed by atoms with E-state index in [1.807, 2.05) is 24.3 Å². The molecule has 1 saturated heterocycles. The molecule has 3 rings (SSSR count). The lowest BCUT2D eigenvalue weighted by Crippen LogP contribution is -2.18. The van der Waals surface area contributed by atoms with E-state index >= 15 is 0 Å². The van der Waals surface area contributed by atoms with Crippen LogP contribution in [0.4, 0.5) is 0 Å². The van der Waals surface area contributed by atoms with Crippen molar-refractivity contribution in [3.63, 3.8) is 0 Å². The molecular weight excluding hydrogens is 400 g/mol. The summed E-state index contributed by atoms with van der Waals surface area (Å²) in [6.45, 7) is 0.936. The van der Waals surface area contributed by atoms with Crippen molar-refractivity contribution >= 4 is 40.5 Å². The van der Waals surface area contributed by atoms with Crippen LogP contribution in [0.2, 0.25) is 5.02 Å². The zero-order chi connectivity index (χ0) is 19.9. The highest BCUT2D eigenvalue weighted by Gasteiger charge is 2.22. The normalized spacial score (nSPS) is 14.9. The summed E-state index contributed by atoms with van der Waals surface area (Å²) in [5.41, 5.74) is 0.790. The number of amidine groups is 1. The number of nitrogens with one attached hydrogen (secondary N) is 2. The summed E-state index contributed by atoms with van der Waals surface area (Å²) in [7, 11) is 1.56. The van der Waals surface area contributed by atoms with Crippen LogP contribution in [0.5, 0.6) is 17.2 Å². The quantitative estimate of drug-likeness (QED) is 0.492. The van der Waals surface area contributed by atoms with Gasteiger partial charge in [0, 0.05) is 6.42 Å². The number of carbonyl (C=O) groups is 1. The molecule has 0 unspecified atom stereocenters. The van der Waals surface area contributed by atoms with Crippen LogP contribution >= 0.6 is 23.4 Å². The average molecular weight is 419 g/mol. The van der Waals surface area contributed by atoms with Gasteiger partial charge in [-0.05, 0) is 47.7 Å². The van der Waals surface area contributed by atoms with Crippen molar-refractivity contribution < 1.29 is 19.0 Å². The van der Waals surface area contributed by atoms with Gasteiger partial charge in [0.05, 0.1) is 30.3 Å². The molecule has 0 spiro atoms. The van der Waals surface area contributed by atoms with Crippen molar-refractivity contribution in [2.45, 2.75) is 6.42 Å². The van der Waals surface area contributed by atoms with E-state index in [4.69, 9.17) is 31.2 Å². The fourth-order valence-corrected chi connectivity index (χ4v) is 3.36. The van der Waals surface area contributed by atoms with Gasteiger partial charge in [0.1, 0.15) is 5.75 Å². The second-order valence-electron chi connectivity index (χ2n) is 5.79. The minimum atomic E-state index is -0.271. The van der Waals surface area contributed by atoms with Crippen LogP contribution in [-0.2, 0) is 4.79 Å². The lowest BCUT2D eigenvalue weighted by Gasteiger charge is -2.12. The number of para-hydroxylation sites is 1. The van der Waals surface area contributed by atoms with E-state index in [-0.39, 0.29) is 11.1 Å². The molecule has 1 fully saturated rings. The van der Waals surface area contributed by atoms with Crippen LogP contribution in [0.25, 0.3) is 6.08 Å². The van der Waals surface area contributed by atoms with Gasteiger partial charge in [-0.3, -0.25) is 10.2 Å². The van der Waals surface area contributed by atoms with Crippen molar-refractivity contribution in [1.29, 1.82) is 5.41 Å². The Balaban J connectivity index is 1.54. The predicted molar refractivity (Wildman–Crippen MR) is 111 cm³/mol. The first-order chi connectivity index (χ1) is 13.6. The highest BCUT2D eigenvalue weighted by atomic mass is 35.5. The summed E-state index contributed by atoms with van der Waals surface area (Å²) in [4.78, 5) is 12.2. The number of benzene rings is 2. The van der Waals surface area contributed by atoms with E-state index in [0.29, 0.717) is 46.8 Å². The minimum Gasteiger partial charge on any atom is -0.493 e. The molecule has 6 nitrogen and oxygen atoms in total. The number of halogens is 1. The predicted octanol–water partition coefficient (Wildman–Crippen LogP) is 4.34. The third-order valence-corrected chi connectivity index (χ3v) is 4.93. The van der Waals surface area contributed by atoms with Gasteiger partial charge < -0.3 is 19.5 Å². The van der Waals surface area contributed by atoms with Crippen molar-refractivity contribution in [2.24, 2.45) is 0 Å². The number of amides is 1. The standard InChI is InChI=1S/C20H19ClN2O4S/c1-25-17-11-13(12-18-19(24)23-20(22)28-18)7-8-16(17)27-10-4-9-26-15-6-3-2-5-14(15)21/h2-3,5-8,11-12H,4,9-10H2,1H3,(H2,22,23,24). The highest BCUT2D eigenvalue weighted by molar-refractivity contribution is 8.18. The molecule has 2 aromatic rings. The average Bonchev–Trinajstić information content (AvgIpc) is 3.00. The van der Waals surface area contributed by atoms with Gasteiger partial charge in [-0.25, -0.2) is 0 Å². The molecule has 0 saturated carbocycles. The molecule has 28 heavy (non-hydrogen) atoms. The minimum absolute atomic E-state index is 0.127. The molecule has 2 N–H and O–H groups in total. The molecule has 2 aromatic carbocycles. The molecule has 1 aliphatic heterocycles. The van der Waals surface area contributed by atoms with Gasteiger partial charge in [0.2, 0.25) is 0 Å². The molecular formula is C20H19ClN2O4S. The Labute approximate surface area is 172 Å². The topological polar surface area (TPSA) is 80.6 Å². The Kier molecular flexibility index (Phi) is 6.84. The fourth-order valence-electron chi connectivity index (χ4n) is 2.47. The summed E-state index contributed by atoms with van der Waals surface area (Å²) < 4.78 is 16.8. The number of ether oxygens (including phenoxy) is 3. The molecule has 0 aliphatic carbocycles. The van der Waals surface area contributed by atoms with Crippen molar-refractivity contribution in [3.05, 3.63) is 58.0 Å². The molecule has 0 aromatic heterocycles. The maximum absolute atomic E-state index is 11.7. The number of rotatable bonds is 8. The Morgan fingerprint density at radius 2 is 1.86 bits per heavy atom. The first-order valence-corrected chi connectivity index (χ1v) is 9.74. The lowest BCUT2D eigenvalue weighted by molar-refractivity contribution is -0.115. The Hall–Kier alpha value is -2.64. The van der Waals surface area contributed by atoms with E-state index < -0.39 is 0 Å². The molecule has 1 amide bonds. The lowest BCUT2D eigenvalue weighted by atomic mass is 10.2. The second-order valence-corrected chi connectivity index (χ2v) is 7.24. The molecule has 0 atom stereocenters. The molecule has 8 heteroatoms. The maximum atomic E-state index is 11.7. The van der Waals surface area contributed by atoms with Crippen LogP contribution in [0.15, 0.2) is 47.4 Å². The van der Waals surface area contributed by atoms with Crippen LogP contribution in [0, 0.1) is 5.41 Å². The zero-order valence-electron chi connectivity index (χ0n) is 15.2. The van der Waals surface area contributed by atoms with E-state index in [1.165, 1.54) is 0 Å². The highest BCUT2D eigenvalue weighted by Crippen LogP contribution is 2.31. The number of methoxy groups -OCH3 is 1. The summed E-state index contributed by atoms with van der Waals surface area (Å²) in [5.74, 6) is 1.56. The maximum Gasteiger partial charge on any atom is 0.264 e. The van der Waals surface area contributed by atoms with Gasteiger partial charge in [0.25, 0.3) is 5.91 Å². The first kappa shape index (κ1) is 20.1. The SMILES string of the molecule is COc1cc(C=C2SC(=N)NC2=O)ccc1OCCCOc1ccccc1Cl. The van der Waals surface area contributed by atoms with Gasteiger partial charge in [-0.1, -0.05) is 29.8 Å². The Morgan fingerprint density at radius 1 is 1.11 bits per heavy atom. The van der Waals surface area contributed by atoms with Crippen LogP contribution < -0.4 is 19.5 Å². The van der Waals surface area contributed by atoms with Crippen molar-refractivity contribution in [1.82, 2.24) is 5.32 Å². The monoisotopic (exact) mass is 418 g/mol. The van der Waals surface area contributed by atoms with Gasteiger partial charge in [0.15, 0.2) is 16.7 Å². The number of hydrogen-bond donors (Lipinski definition) is 2. The zero-order valence-corrected chi connectivity index (χ0v) is 16.7. The first-order valence-electron chi connectivity index (χ1n) is 8.54. The number of thioether (sulfide) groups is 1. The van der Waals surface area contributed by atoms with Gasteiger partial charge >= 0.3 is 0 Å². The van der Waals surface area contributed by atoms with E-state index in [2.05, 4.69) is 5.32 Å². The van der Waals surface area contributed by atoms with Crippen LogP contribution in [0.1, 0.15) is 12.0 Å². The van der Waals surface area contributed by atoms with E-state index in [1.54, 1.807) is 31.4 Å². The molecule has 0 radical (unpaired) electrons. The van der Waals surface area contributed by atoms with E-state index in [9.17, 15) is 4.79 Å². The van der Waals surface area contributed by atoms with Crippen LogP contribution in [0.3, 0.4) is 0 Å². The van der Waals surface area contributed by atoms with Crippen molar-refractivity contribution in [3.8, 4) is 17.2 Å². The fraction of sp³-hybridized carbons (Fsp3) is 0.200. The van der Waals surface area contributed by atoms with E-state index in [0.717, 1.165) is 17.3 Å². The smallest absolute Gasteiger partial charge is 0.264 e. The number of carbonyl (C=O) groups excluding carboxylic acids is 1. The van der Waals surface area contributed by atoms with Gasteiger partial charge in [-0.2, -0.15) is 0 Å². The molecule has 0 bridgehead atoms. The molecule has 1 aliphatic rings. The molecule has 146 valence electrons. The summed E-state index contributed by atoms with van der Waals surface area (Å²) >= 11 is 7.14. The Morgan fingerprint density at radius 3 is 2.54 bits per heavy atom. The molecule has 1 heterocycles. The largest absolute Gasteiger partial charge is 0.493 e. The van der Waals surface area contributed by atoms with Crippen LogP contribution in [-0.4, -0.2) is 31.4 Å². The summed E-state index contributed by atoms with van der Waals surface area (Å²) in [6.07, 6.45) is 2.39. The summed E-state index contributed by atoms with van der Waals surface area (Å²) in [6, 6.07) is 12.7. The summed E-state index contributed by atoms with van der Waals surface area (Å²) in [5, 5.41) is 10.6. The third-order valence-electron chi connectivity index (χ3n) is 3.79. The Bertz CT molecular complexity index is 917. The third kappa shape index (κ3) is 5.21.